The van der Waals surface area contributed by atoms with Gasteiger partial charge in [-0.3, -0.25) is 0 Å². The predicted octanol–water partition coefficient (Wildman–Crippen LogP) is 1.46. The standard InChI is InChI=1S/C9H11BrClNO2/c10-5-1-2-7(11)6(3-5)9(14)8(13)4-12/h1-3,8-9,13-14H,4,12H2. The second kappa shape index (κ2) is 5.09. The Balaban J connectivity index is 2.99. The van der Waals surface area contributed by atoms with Crippen LogP contribution in [0.3, 0.4) is 0 Å². The number of hydrogen-bond acceptors (Lipinski definition) is 3. The van der Waals surface area contributed by atoms with Crippen LogP contribution in [0.4, 0.5) is 0 Å². The Morgan fingerprint density at radius 3 is 2.64 bits per heavy atom. The fourth-order valence-corrected chi connectivity index (χ4v) is 1.69. The Kier molecular flexibility index (Phi) is 4.34. The summed E-state index contributed by atoms with van der Waals surface area (Å²) in [5, 5.41) is 19.4. The molecule has 0 aliphatic heterocycles. The zero-order valence-electron chi connectivity index (χ0n) is 7.32. The van der Waals surface area contributed by atoms with Crippen LogP contribution in [0, 0.1) is 0 Å². The molecule has 2 unspecified atom stereocenters. The number of aliphatic hydroxyl groups excluding tert-OH is 2. The van der Waals surface area contributed by atoms with Gasteiger partial charge >= 0.3 is 0 Å². The summed E-state index contributed by atoms with van der Waals surface area (Å²) < 4.78 is 0.792. The van der Waals surface area contributed by atoms with E-state index in [1.165, 1.54) is 0 Å². The van der Waals surface area contributed by atoms with Crippen LogP contribution in [-0.2, 0) is 0 Å². The molecule has 0 heterocycles. The lowest BCUT2D eigenvalue weighted by Gasteiger charge is -2.17. The molecule has 0 saturated carbocycles. The lowest BCUT2D eigenvalue weighted by Crippen LogP contribution is -2.27. The van der Waals surface area contributed by atoms with Crippen molar-refractivity contribution in [2.75, 3.05) is 6.54 Å². The van der Waals surface area contributed by atoms with Crippen molar-refractivity contribution in [3.8, 4) is 0 Å². The molecule has 0 amide bonds. The first kappa shape index (κ1) is 11.9. The van der Waals surface area contributed by atoms with E-state index in [1.807, 2.05) is 0 Å². The van der Waals surface area contributed by atoms with E-state index in [-0.39, 0.29) is 6.54 Å². The molecular formula is C9H11BrClNO2. The van der Waals surface area contributed by atoms with Crippen LogP contribution < -0.4 is 5.73 Å². The SMILES string of the molecule is NCC(O)C(O)c1cc(Br)ccc1Cl. The Morgan fingerprint density at radius 1 is 1.43 bits per heavy atom. The van der Waals surface area contributed by atoms with Gasteiger partial charge in [-0.05, 0) is 18.2 Å². The third-order valence-electron chi connectivity index (χ3n) is 1.88. The Bertz CT molecular complexity index is 322. The van der Waals surface area contributed by atoms with Gasteiger partial charge in [0.1, 0.15) is 6.10 Å². The largest absolute Gasteiger partial charge is 0.389 e. The van der Waals surface area contributed by atoms with Crippen LogP contribution in [0.1, 0.15) is 11.7 Å². The molecular weight excluding hydrogens is 269 g/mol. The first-order valence-corrected chi connectivity index (χ1v) is 5.24. The molecule has 0 aliphatic carbocycles. The van der Waals surface area contributed by atoms with E-state index in [0.29, 0.717) is 10.6 Å². The highest BCUT2D eigenvalue weighted by molar-refractivity contribution is 9.10. The van der Waals surface area contributed by atoms with E-state index in [1.54, 1.807) is 18.2 Å². The van der Waals surface area contributed by atoms with E-state index in [2.05, 4.69) is 15.9 Å². The smallest absolute Gasteiger partial charge is 0.108 e. The molecule has 0 aliphatic rings. The topological polar surface area (TPSA) is 66.5 Å². The van der Waals surface area contributed by atoms with Crippen LogP contribution in [0.15, 0.2) is 22.7 Å². The van der Waals surface area contributed by atoms with Gasteiger partial charge in [-0.1, -0.05) is 27.5 Å². The number of rotatable bonds is 3. The summed E-state index contributed by atoms with van der Waals surface area (Å²) in [6.45, 7) is -0.00991. The Labute approximate surface area is 95.6 Å². The number of hydrogen-bond donors (Lipinski definition) is 3. The monoisotopic (exact) mass is 279 g/mol. The van der Waals surface area contributed by atoms with Crippen molar-refractivity contribution in [2.24, 2.45) is 5.73 Å². The summed E-state index contributed by atoms with van der Waals surface area (Å²) in [7, 11) is 0. The molecule has 78 valence electrons. The molecule has 4 N–H and O–H groups in total. The van der Waals surface area contributed by atoms with Crippen LogP contribution in [0.25, 0.3) is 0 Å². The van der Waals surface area contributed by atoms with Crippen molar-refractivity contribution in [1.82, 2.24) is 0 Å². The number of nitrogens with two attached hydrogens (primary N) is 1. The van der Waals surface area contributed by atoms with Gasteiger partial charge < -0.3 is 15.9 Å². The number of benzene rings is 1. The first-order chi connectivity index (χ1) is 6.56. The summed E-state index contributed by atoms with van der Waals surface area (Å²) in [5.41, 5.74) is 5.70. The summed E-state index contributed by atoms with van der Waals surface area (Å²) in [5.74, 6) is 0. The van der Waals surface area contributed by atoms with Crippen molar-refractivity contribution in [3.63, 3.8) is 0 Å². The van der Waals surface area contributed by atoms with Crippen LogP contribution in [0.2, 0.25) is 5.02 Å². The zero-order valence-corrected chi connectivity index (χ0v) is 9.66. The molecule has 0 radical (unpaired) electrons. The summed E-state index contributed by atoms with van der Waals surface area (Å²) in [6, 6.07) is 5.06. The van der Waals surface area contributed by atoms with Crippen molar-refractivity contribution < 1.29 is 10.2 Å². The molecule has 1 rings (SSSR count). The number of halogens is 2. The number of aliphatic hydroxyl groups is 2. The molecule has 14 heavy (non-hydrogen) atoms. The zero-order chi connectivity index (χ0) is 10.7. The fraction of sp³-hybridized carbons (Fsp3) is 0.333. The first-order valence-electron chi connectivity index (χ1n) is 4.07. The molecule has 2 atom stereocenters. The minimum absolute atomic E-state index is 0.00991. The maximum Gasteiger partial charge on any atom is 0.108 e. The van der Waals surface area contributed by atoms with E-state index in [0.717, 1.165) is 4.47 Å². The van der Waals surface area contributed by atoms with Crippen molar-refractivity contribution in [3.05, 3.63) is 33.3 Å². The molecule has 0 fully saturated rings. The van der Waals surface area contributed by atoms with E-state index < -0.39 is 12.2 Å². The minimum Gasteiger partial charge on any atom is -0.389 e. The Morgan fingerprint density at radius 2 is 2.07 bits per heavy atom. The van der Waals surface area contributed by atoms with Gasteiger partial charge in [-0.25, -0.2) is 0 Å². The maximum atomic E-state index is 9.66. The van der Waals surface area contributed by atoms with Gasteiger partial charge in [0.25, 0.3) is 0 Å². The molecule has 1 aromatic rings. The summed E-state index contributed by atoms with van der Waals surface area (Å²) in [6.07, 6.45) is -2.05. The maximum absolute atomic E-state index is 9.66. The van der Waals surface area contributed by atoms with Gasteiger partial charge in [-0.15, -0.1) is 0 Å². The molecule has 0 bridgehead atoms. The molecule has 0 saturated heterocycles. The normalized spacial score (nSPS) is 15.2. The summed E-state index contributed by atoms with van der Waals surface area (Å²) in [4.78, 5) is 0. The summed E-state index contributed by atoms with van der Waals surface area (Å²) >= 11 is 9.11. The third kappa shape index (κ3) is 2.68. The van der Waals surface area contributed by atoms with Crippen LogP contribution in [0.5, 0.6) is 0 Å². The highest BCUT2D eigenvalue weighted by Crippen LogP contribution is 2.28. The van der Waals surface area contributed by atoms with Gasteiger partial charge in [0.2, 0.25) is 0 Å². The lowest BCUT2D eigenvalue weighted by molar-refractivity contribution is 0.0244. The average Bonchev–Trinajstić information content (AvgIpc) is 2.19. The predicted molar refractivity (Wildman–Crippen MR) is 59.2 cm³/mol. The van der Waals surface area contributed by atoms with Crippen molar-refractivity contribution in [1.29, 1.82) is 0 Å². The lowest BCUT2D eigenvalue weighted by atomic mass is 10.0. The third-order valence-corrected chi connectivity index (χ3v) is 2.72. The van der Waals surface area contributed by atoms with Crippen molar-refractivity contribution >= 4 is 27.5 Å². The molecule has 5 heteroatoms. The van der Waals surface area contributed by atoms with Crippen LogP contribution >= 0.6 is 27.5 Å². The minimum atomic E-state index is -1.05. The molecule has 1 aromatic carbocycles. The highest BCUT2D eigenvalue weighted by Gasteiger charge is 2.19. The quantitative estimate of drug-likeness (QED) is 0.785. The average molecular weight is 281 g/mol. The van der Waals surface area contributed by atoms with E-state index in [4.69, 9.17) is 17.3 Å². The highest BCUT2D eigenvalue weighted by atomic mass is 79.9. The Hall–Kier alpha value is -0.130. The van der Waals surface area contributed by atoms with Gasteiger partial charge in [0.15, 0.2) is 0 Å². The van der Waals surface area contributed by atoms with E-state index >= 15 is 0 Å². The van der Waals surface area contributed by atoms with Gasteiger partial charge in [-0.2, -0.15) is 0 Å². The van der Waals surface area contributed by atoms with Gasteiger partial charge in [0.05, 0.1) is 6.10 Å². The second-order valence-corrected chi connectivity index (χ2v) is 4.24. The van der Waals surface area contributed by atoms with Gasteiger partial charge in [0, 0.05) is 21.6 Å². The second-order valence-electron chi connectivity index (χ2n) is 2.91. The van der Waals surface area contributed by atoms with E-state index in [9.17, 15) is 10.2 Å². The molecule has 3 nitrogen and oxygen atoms in total. The van der Waals surface area contributed by atoms with Crippen molar-refractivity contribution in [2.45, 2.75) is 12.2 Å². The molecule has 0 aromatic heterocycles. The molecule has 0 spiro atoms. The van der Waals surface area contributed by atoms with Crippen LogP contribution in [-0.4, -0.2) is 22.9 Å². The fourth-order valence-electron chi connectivity index (χ4n) is 1.08.